The highest BCUT2D eigenvalue weighted by atomic mass is 32.2. The predicted octanol–water partition coefficient (Wildman–Crippen LogP) is 4.74. The minimum atomic E-state index is -4.02. The average molecular weight is 528 g/mol. The van der Waals surface area contributed by atoms with Gasteiger partial charge in [-0.25, -0.2) is 12.4 Å². The van der Waals surface area contributed by atoms with Crippen molar-refractivity contribution < 1.29 is 17.9 Å². The van der Waals surface area contributed by atoms with Crippen molar-refractivity contribution in [3.63, 3.8) is 0 Å². The van der Waals surface area contributed by atoms with Gasteiger partial charge in [-0.2, -0.15) is 5.26 Å². The van der Waals surface area contributed by atoms with Gasteiger partial charge in [0, 0.05) is 30.5 Å². The lowest BCUT2D eigenvalue weighted by atomic mass is 9.92. The van der Waals surface area contributed by atoms with Gasteiger partial charge in [0.05, 0.1) is 34.9 Å². The van der Waals surface area contributed by atoms with Crippen LogP contribution in [0.15, 0.2) is 65.6 Å². The van der Waals surface area contributed by atoms with E-state index in [1.165, 1.54) is 3.97 Å². The molecule has 0 bridgehead atoms. The molecule has 0 atom stereocenters. The molecule has 0 saturated carbocycles. The Balaban J connectivity index is 1.72. The van der Waals surface area contributed by atoms with Gasteiger partial charge in [0.1, 0.15) is 6.07 Å². The normalized spacial score (nSPS) is 14.0. The Hall–Kier alpha value is -3.93. The summed E-state index contributed by atoms with van der Waals surface area (Å²) >= 11 is 0. The maximum atomic E-state index is 14.0. The molecule has 2 heterocycles. The zero-order valence-corrected chi connectivity index (χ0v) is 22.5. The van der Waals surface area contributed by atoms with Gasteiger partial charge in [-0.15, -0.1) is 0 Å². The Morgan fingerprint density at radius 1 is 0.947 bits per heavy atom. The molecular weight excluding hydrogens is 498 g/mol. The Morgan fingerprint density at radius 2 is 1.66 bits per heavy atom. The van der Waals surface area contributed by atoms with Crippen LogP contribution < -0.4 is 0 Å². The monoisotopic (exact) mass is 527 g/mol. The van der Waals surface area contributed by atoms with E-state index in [9.17, 15) is 18.5 Å². The maximum absolute atomic E-state index is 14.0. The van der Waals surface area contributed by atoms with Crippen molar-refractivity contribution in [2.75, 3.05) is 26.3 Å². The number of morpholine rings is 1. The zero-order chi connectivity index (χ0) is 27.0. The molecule has 0 radical (unpaired) electrons. The lowest BCUT2D eigenvalue weighted by Crippen LogP contribution is -2.41. The summed E-state index contributed by atoms with van der Waals surface area (Å²) in [4.78, 5) is 15.3. The summed E-state index contributed by atoms with van der Waals surface area (Å²) in [6, 6.07) is 19.7. The standard InChI is InChI=1S/C30H29N3O4S/c1-20-12-13-24(30(34)32-14-16-37-17-15-32)22(3)25(20)18-28-26(19-31)29-21(2)8-7-11-27(29)33(28)38(35,36)23-9-5-4-6-10-23/h4-13H,14-18H2,1-3H3. The van der Waals surface area contributed by atoms with Crippen molar-refractivity contribution in [1.82, 2.24) is 8.87 Å². The molecule has 1 aliphatic heterocycles. The topological polar surface area (TPSA) is 92.4 Å². The summed E-state index contributed by atoms with van der Waals surface area (Å²) in [6.07, 6.45) is 0.185. The maximum Gasteiger partial charge on any atom is 0.268 e. The largest absolute Gasteiger partial charge is 0.378 e. The number of carbonyl (C=O) groups is 1. The van der Waals surface area contributed by atoms with Crippen LogP contribution in [-0.4, -0.2) is 49.5 Å². The number of aryl methyl sites for hydroxylation is 2. The molecule has 1 fully saturated rings. The number of fused-ring (bicyclic) bond motifs is 1. The Kier molecular flexibility index (Phi) is 6.82. The summed E-state index contributed by atoms with van der Waals surface area (Å²) in [7, 11) is -4.02. The molecule has 0 spiro atoms. The molecule has 7 nitrogen and oxygen atoms in total. The first kappa shape index (κ1) is 25.7. The highest BCUT2D eigenvalue weighted by Gasteiger charge is 2.29. The molecule has 0 N–H and O–H groups in total. The van der Waals surface area contributed by atoms with Crippen LogP contribution in [-0.2, 0) is 21.2 Å². The number of carbonyl (C=O) groups excluding carboxylic acids is 1. The molecule has 1 aromatic heterocycles. The van der Waals surface area contributed by atoms with Crippen molar-refractivity contribution >= 4 is 26.8 Å². The van der Waals surface area contributed by atoms with E-state index in [1.54, 1.807) is 47.4 Å². The van der Waals surface area contributed by atoms with E-state index in [0.29, 0.717) is 54.0 Å². The summed E-state index contributed by atoms with van der Waals surface area (Å²) in [5, 5.41) is 10.9. The summed E-state index contributed by atoms with van der Waals surface area (Å²) in [6.45, 7) is 7.79. The van der Waals surface area contributed by atoms with E-state index in [-0.39, 0.29) is 17.2 Å². The smallest absolute Gasteiger partial charge is 0.268 e. The second-order valence-electron chi connectivity index (χ2n) is 9.60. The molecular formula is C30H29N3O4S. The minimum Gasteiger partial charge on any atom is -0.378 e. The summed E-state index contributed by atoms with van der Waals surface area (Å²) in [5.41, 5.74) is 5.15. The first-order valence-electron chi connectivity index (χ1n) is 12.6. The lowest BCUT2D eigenvalue weighted by Gasteiger charge is -2.28. The predicted molar refractivity (Wildman–Crippen MR) is 146 cm³/mol. The fourth-order valence-corrected chi connectivity index (χ4v) is 6.86. The number of amides is 1. The van der Waals surface area contributed by atoms with Crippen LogP contribution in [0.4, 0.5) is 0 Å². The first-order valence-corrected chi connectivity index (χ1v) is 14.0. The van der Waals surface area contributed by atoms with Gasteiger partial charge < -0.3 is 9.64 Å². The molecule has 5 rings (SSSR count). The van der Waals surface area contributed by atoms with Crippen molar-refractivity contribution in [2.24, 2.45) is 0 Å². The molecule has 38 heavy (non-hydrogen) atoms. The third kappa shape index (κ3) is 4.28. The Labute approximate surface area is 222 Å². The average Bonchev–Trinajstić information content (AvgIpc) is 3.26. The number of rotatable bonds is 5. The van der Waals surface area contributed by atoms with Gasteiger partial charge in [-0.05, 0) is 67.3 Å². The number of aromatic nitrogens is 1. The van der Waals surface area contributed by atoms with E-state index in [1.807, 2.05) is 39.0 Å². The summed E-state index contributed by atoms with van der Waals surface area (Å²) < 4.78 is 34.8. The fourth-order valence-electron chi connectivity index (χ4n) is 5.29. The fraction of sp³-hybridized carbons (Fsp3) is 0.267. The van der Waals surface area contributed by atoms with E-state index in [2.05, 4.69) is 6.07 Å². The molecule has 0 aliphatic carbocycles. The van der Waals surface area contributed by atoms with Crippen molar-refractivity contribution in [3.05, 3.63) is 99.7 Å². The first-order chi connectivity index (χ1) is 18.3. The summed E-state index contributed by atoms with van der Waals surface area (Å²) in [5.74, 6) is -0.0687. The van der Waals surface area contributed by atoms with Gasteiger partial charge in [-0.1, -0.05) is 36.4 Å². The highest BCUT2D eigenvalue weighted by Crippen LogP contribution is 2.35. The van der Waals surface area contributed by atoms with Crippen LogP contribution in [0.2, 0.25) is 0 Å². The Bertz CT molecular complexity index is 1690. The van der Waals surface area contributed by atoms with Crippen LogP contribution in [0.5, 0.6) is 0 Å². The molecule has 1 aliphatic rings. The molecule has 194 valence electrons. The van der Waals surface area contributed by atoms with Gasteiger partial charge in [0.2, 0.25) is 0 Å². The molecule has 3 aromatic carbocycles. The Morgan fingerprint density at radius 3 is 2.34 bits per heavy atom. The second-order valence-corrected chi connectivity index (χ2v) is 11.4. The van der Waals surface area contributed by atoms with Crippen LogP contribution in [0.3, 0.4) is 0 Å². The molecule has 8 heteroatoms. The quantitative estimate of drug-likeness (QED) is 0.374. The SMILES string of the molecule is Cc1ccc(C(=O)N2CCOCC2)c(C)c1Cc1c(C#N)c2c(C)cccc2n1S(=O)(=O)c1ccccc1. The van der Waals surface area contributed by atoms with Crippen molar-refractivity contribution in [1.29, 1.82) is 5.26 Å². The van der Waals surface area contributed by atoms with E-state index in [0.717, 1.165) is 22.3 Å². The zero-order valence-electron chi connectivity index (χ0n) is 21.7. The highest BCUT2D eigenvalue weighted by molar-refractivity contribution is 7.90. The number of nitriles is 1. The number of nitrogens with zero attached hydrogens (tertiary/aromatic N) is 3. The van der Waals surface area contributed by atoms with Crippen molar-refractivity contribution in [3.8, 4) is 6.07 Å². The number of ether oxygens (including phenoxy) is 1. The molecule has 1 saturated heterocycles. The number of hydrogen-bond acceptors (Lipinski definition) is 5. The van der Waals surface area contributed by atoms with E-state index >= 15 is 0 Å². The van der Waals surface area contributed by atoms with Crippen LogP contribution in [0.25, 0.3) is 10.9 Å². The van der Waals surface area contributed by atoms with E-state index < -0.39 is 10.0 Å². The van der Waals surface area contributed by atoms with Gasteiger partial charge in [0.15, 0.2) is 0 Å². The van der Waals surface area contributed by atoms with Gasteiger partial charge in [-0.3, -0.25) is 4.79 Å². The second kappa shape index (κ2) is 10.1. The van der Waals surface area contributed by atoms with Gasteiger partial charge in [0.25, 0.3) is 15.9 Å². The third-order valence-corrected chi connectivity index (χ3v) is 9.12. The molecule has 0 unspecified atom stereocenters. The number of hydrogen-bond donors (Lipinski definition) is 0. The van der Waals surface area contributed by atoms with Crippen LogP contribution >= 0.6 is 0 Å². The van der Waals surface area contributed by atoms with Gasteiger partial charge >= 0.3 is 0 Å². The minimum absolute atomic E-state index is 0.0687. The van der Waals surface area contributed by atoms with Crippen molar-refractivity contribution in [2.45, 2.75) is 32.1 Å². The van der Waals surface area contributed by atoms with Crippen LogP contribution in [0, 0.1) is 32.1 Å². The molecule has 4 aromatic rings. The lowest BCUT2D eigenvalue weighted by molar-refractivity contribution is 0.0302. The van der Waals surface area contributed by atoms with E-state index in [4.69, 9.17) is 4.74 Å². The molecule has 1 amide bonds. The number of benzene rings is 3. The third-order valence-electron chi connectivity index (χ3n) is 7.35. The van der Waals surface area contributed by atoms with Crippen LogP contribution in [0.1, 0.15) is 43.9 Å².